The monoisotopic (exact) mass is 262 g/mol. The van der Waals surface area contributed by atoms with Crippen molar-refractivity contribution in [3.8, 4) is 0 Å². The predicted octanol–water partition coefficient (Wildman–Crippen LogP) is 1.37. The maximum absolute atomic E-state index is 12.4. The molecule has 1 fully saturated rings. The molecule has 2 rings (SSSR count). The highest BCUT2D eigenvalue weighted by Gasteiger charge is 2.35. The number of nitrogens with one attached hydrogen (secondary N) is 2. The fraction of sp³-hybridized carbons (Fsp3) is 0.533. The number of aliphatic hydroxyl groups excluding tert-OH is 1. The van der Waals surface area contributed by atoms with Crippen molar-refractivity contribution in [1.82, 2.24) is 10.6 Å². The molecule has 104 valence electrons. The zero-order chi connectivity index (χ0) is 13.7. The molecule has 1 aliphatic rings. The van der Waals surface area contributed by atoms with Crippen molar-refractivity contribution in [2.24, 2.45) is 0 Å². The van der Waals surface area contributed by atoms with Crippen molar-refractivity contribution >= 4 is 5.91 Å². The van der Waals surface area contributed by atoms with Gasteiger partial charge in [0.1, 0.15) is 0 Å². The van der Waals surface area contributed by atoms with Crippen molar-refractivity contribution in [2.45, 2.75) is 37.8 Å². The van der Waals surface area contributed by atoms with Crippen molar-refractivity contribution in [3.05, 3.63) is 35.9 Å². The van der Waals surface area contributed by atoms with Crippen molar-refractivity contribution in [3.63, 3.8) is 0 Å². The van der Waals surface area contributed by atoms with Gasteiger partial charge in [-0.3, -0.25) is 4.79 Å². The number of piperidine rings is 1. The van der Waals surface area contributed by atoms with E-state index in [1.165, 1.54) is 0 Å². The van der Waals surface area contributed by atoms with Gasteiger partial charge < -0.3 is 15.7 Å². The Balaban J connectivity index is 2.04. The minimum Gasteiger partial charge on any atom is -0.394 e. The van der Waals surface area contributed by atoms with Gasteiger partial charge in [-0.05, 0) is 38.3 Å². The molecule has 0 radical (unpaired) electrons. The van der Waals surface area contributed by atoms with Crippen LogP contribution >= 0.6 is 0 Å². The third kappa shape index (κ3) is 3.33. The van der Waals surface area contributed by atoms with Crippen LogP contribution in [0.5, 0.6) is 0 Å². The zero-order valence-electron chi connectivity index (χ0n) is 11.4. The lowest BCUT2D eigenvalue weighted by Crippen LogP contribution is -2.57. The van der Waals surface area contributed by atoms with Crippen molar-refractivity contribution in [1.29, 1.82) is 0 Å². The molecule has 2 atom stereocenters. The Labute approximate surface area is 114 Å². The number of aliphatic hydroxyl groups is 1. The number of amides is 1. The lowest BCUT2D eigenvalue weighted by atomic mass is 9.89. The number of rotatable bonds is 4. The summed E-state index contributed by atoms with van der Waals surface area (Å²) in [4.78, 5) is 12.4. The standard InChI is InChI=1S/C15H22N2O2/c1-15(9-5-6-10-16-15)14(19)17-13(11-18)12-7-3-2-4-8-12/h2-4,7-8,13,16,18H,5-6,9-11H2,1H3,(H,17,19). The zero-order valence-corrected chi connectivity index (χ0v) is 11.4. The van der Waals surface area contributed by atoms with Crippen LogP contribution in [-0.2, 0) is 4.79 Å². The summed E-state index contributed by atoms with van der Waals surface area (Å²) in [7, 11) is 0. The lowest BCUT2D eigenvalue weighted by molar-refractivity contribution is -0.129. The quantitative estimate of drug-likeness (QED) is 0.768. The molecule has 3 N–H and O–H groups in total. The second-order valence-electron chi connectivity index (χ2n) is 5.34. The Kier molecular flexibility index (Phi) is 4.56. The van der Waals surface area contributed by atoms with Crippen LogP contribution in [0, 0.1) is 0 Å². The molecule has 1 amide bonds. The second-order valence-corrected chi connectivity index (χ2v) is 5.34. The molecule has 0 spiro atoms. The molecule has 0 aromatic heterocycles. The first-order valence-electron chi connectivity index (χ1n) is 6.87. The van der Waals surface area contributed by atoms with Crippen molar-refractivity contribution in [2.75, 3.05) is 13.2 Å². The van der Waals surface area contributed by atoms with E-state index in [0.29, 0.717) is 0 Å². The largest absolute Gasteiger partial charge is 0.394 e. The highest BCUT2D eigenvalue weighted by Crippen LogP contribution is 2.21. The Hall–Kier alpha value is -1.39. The van der Waals surface area contributed by atoms with E-state index in [1.807, 2.05) is 37.3 Å². The predicted molar refractivity (Wildman–Crippen MR) is 74.7 cm³/mol. The average molecular weight is 262 g/mol. The minimum atomic E-state index is -0.513. The van der Waals surface area contributed by atoms with E-state index in [2.05, 4.69) is 10.6 Å². The van der Waals surface area contributed by atoms with Gasteiger partial charge in [-0.15, -0.1) is 0 Å². The summed E-state index contributed by atoms with van der Waals surface area (Å²) in [5.74, 6) is -0.0323. The average Bonchev–Trinajstić information content (AvgIpc) is 2.46. The highest BCUT2D eigenvalue weighted by atomic mass is 16.3. The maximum Gasteiger partial charge on any atom is 0.240 e. The second kappa shape index (κ2) is 6.17. The Morgan fingerprint density at radius 1 is 1.42 bits per heavy atom. The topological polar surface area (TPSA) is 61.4 Å². The van der Waals surface area contributed by atoms with Crippen molar-refractivity contribution < 1.29 is 9.90 Å². The number of carbonyl (C=O) groups excluding carboxylic acids is 1. The molecule has 1 aromatic carbocycles. The molecule has 0 bridgehead atoms. The number of benzene rings is 1. The van der Waals surface area contributed by atoms with Crippen LogP contribution in [0.15, 0.2) is 30.3 Å². The van der Waals surface area contributed by atoms with E-state index in [4.69, 9.17) is 0 Å². The molecule has 4 nitrogen and oxygen atoms in total. The first-order chi connectivity index (χ1) is 9.15. The van der Waals surface area contributed by atoms with Gasteiger partial charge in [0.15, 0.2) is 0 Å². The number of hydrogen-bond donors (Lipinski definition) is 3. The Morgan fingerprint density at radius 2 is 2.16 bits per heavy atom. The molecule has 1 heterocycles. The van der Waals surface area contributed by atoms with Gasteiger partial charge in [0.2, 0.25) is 5.91 Å². The lowest BCUT2D eigenvalue weighted by Gasteiger charge is -2.34. The van der Waals surface area contributed by atoms with Crippen LogP contribution in [0.1, 0.15) is 37.8 Å². The molecule has 1 aliphatic heterocycles. The van der Waals surface area contributed by atoms with E-state index < -0.39 is 5.54 Å². The summed E-state index contributed by atoms with van der Waals surface area (Å²) in [6, 6.07) is 9.23. The SMILES string of the molecule is CC1(C(=O)NC(CO)c2ccccc2)CCCCN1. The van der Waals surface area contributed by atoms with Crippen LogP contribution < -0.4 is 10.6 Å². The molecule has 1 aromatic rings. The van der Waals surface area contributed by atoms with Crippen LogP contribution in [0.25, 0.3) is 0 Å². The van der Waals surface area contributed by atoms with Gasteiger partial charge >= 0.3 is 0 Å². The summed E-state index contributed by atoms with van der Waals surface area (Å²) >= 11 is 0. The molecular weight excluding hydrogens is 240 g/mol. The van der Waals surface area contributed by atoms with E-state index >= 15 is 0 Å². The Morgan fingerprint density at radius 3 is 2.74 bits per heavy atom. The van der Waals surface area contributed by atoms with E-state index in [9.17, 15) is 9.90 Å². The van der Waals surface area contributed by atoms with Gasteiger partial charge in [-0.2, -0.15) is 0 Å². The molecule has 2 unspecified atom stereocenters. The van der Waals surface area contributed by atoms with E-state index in [0.717, 1.165) is 31.4 Å². The first kappa shape index (κ1) is 14.0. The molecule has 1 saturated heterocycles. The molecular formula is C15H22N2O2. The van der Waals surface area contributed by atoms with Gasteiger partial charge in [0, 0.05) is 0 Å². The molecule has 4 heteroatoms. The van der Waals surface area contributed by atoms with E-state index in [1.54, 1.807) is 0 Å². The molecule has 19 heavy (non-hydrogen) atoms. The number of carbonyl (C=O) groups is 1. The molecule has 0 aliphatic carbocycles. The fourth-order valence-corrected chi connectivity index (χ4v) is 2.49. The van der Waals surface area contributed by atoms with Crippen LogP contribution in [-0.4, -0.2) is 29.7 Å². The number of hydrogen-bond acceptors (Lipinski definition) is 3. The van der Waals surface area contributed by atoms with Crippen LogP contribution in [0.2, 0.25) is 0 Å². The third-order valence-electron chi connectivity index (χ3n) is 3.81. The summed E-state index contributed by atoms with van der Waals surface area (Å²) in [5, 5.41) is 15.7. The maximum atomic E-state index is 12.4. The summed E-state index contributed by atoms with van der Waals surface area (Å²) in [5.41, 5.74) is 0.415. The van der Waals surface area contributed by atoms with Gasteiger partial charge in [0.25, 0.3) is 0 Å². The van der Waals surface area contributed by atoms with Crippen LogP contribution in [0.4, 0.5) is 0 Å². The van der Waals surface area contributed by atoms with Gasteiger partial charge in [0.05, 0.1) is 18.2 Å². The van der Waals surface area contributed by atoms with Crippen LogP contribution in [0.3, 0.4) is 0 Å². The van der Waals surface area contributed by atoms with E-state index in [-0.39, 0.29) is 18.6 Å². The summed E-state index contributed by atoms with van der Waals surface area (Å²) in [6.07, 6.45) is 3.02. The highest BCUT2D eigenvalue weighted by molar-refractivity contribution is 5.86. The van der Waals surface area contributed by atoms with Gasteiger partial charge in [-0.1, -0.05) is 30.3 Å². The fourth-order valence-electron chi connectivity index (χ4n) is 2.49. The van der Waals surface area contributed by atoms with Gasteiger partial charge in [-0.25, -0.2) is 0 Å². The molecule has 0 saturated carbocycles. The normalized spacial score (nSPS) is 24.7. The first-order valence-corrected chi connectivity index (χ1v) is 6.87. The summed E-state index contributed by atoms with van der Waals surface area (Å²) in [6.45, 7) is 2.71. The summed E-state index contributed by atoms with van der Waals surface area (Å²) < 4.78 is 0. The minimum absolute atomic E-state index is 0.0323. The smallest absolute Gasteiger partial charge is 0.240 e. The third-order valence-corrected chi connectivity index (χ3v) is 3.81. The Bertz CT molecular complexity index is 413.